The van der Waals surface area contributed by atoms with Gasteiger partial charge in [-0.2, -0.15) is 0 Å². The molecule has 1 aliphatic heterocycles. The number of nitrogens with zero attached hydrogens (tertiary/aromatic N) is 2. The standard InChI is InChI=1S/C16H28N2O3/c19-15(20)8-9-17-10-12-18(13-11-17)16(21)14-6-4-2-1-3-5-7-14/h14H,1-13H2,(H,19,20). The highest BCUT2D eigenvalue weighted by Gasteiger charge is 2.27. The predicted molar refractivity (Wildman–Crippen MR) is 81.1 cm³/mol. The first kappa shape index (κ1) is 16.3. The van der Waals surface area contributed by atoms with Crippen LogP contribution in [0.1, 0.15) is 51.4 Å². The summed E-state index contributed by atoms with van der Waals surface area (Å²) in [5.74, 6) is -0.173. The number of amides is 1. The molecule has 1 N–H and O–H groups in total. The SMILES string of the molecule is O=C(O)CCN1CCN(C(=O)C2CCCCCCC2)CC1. The van der Waals surface area contributed by atoms with E-state index in [2.05, 4.69) is 4.90 Å². The zero-order chi connectivity index (χ0) is 15.1. The first-order valence-electron chi connectivity index (χ1n) is 8.40. The van der Waals surface area contributed by atoms with Gasteiger partial charge < -0.3 is 10.0 Å². The van der Waals surface area contributed by atoms with E-state index in [0.717, 1.165) is 39.0 Å². The minimum absolute atomic E-state index is 0.191. The maximum Gasteiger partial charge on any atom is 0.304 e. The zero-order valence-corrected chi connectivity index (χ0v) is 12.9. The van der Waals surface area contributed by atoms with Crippen LogP contribution in [0.2, 0.25) is 0 Å². The summed E-state index contributed by atoms with van der Waals surface area (Å²) in [6.45, 7) is 3.74. The summed E-state index contributed by atoms with van der Waals surface area (Å²) in [5.41, 5.74) is 0. The van der Waals surface area contributed by atoms with Crippen molar-refractivity contribution in [3.05, 3.63) is 0 Å². The minimum Gasteiger partial charge on any atom is -0.481 e. The first-order chi connectivity index (χ1) is 10.2. The predicted octanol–water partition coefficient (Wildman–Crippen LogP) is 1.97. The van der Waals surface area contributed by atoms with E-state index in [-0.39, 0.29) is 12.3 Å². The summed E-state index contributed by atoms with van der Waals surface area (Å²) < 4.78 is 0. The molecule has 2 rings (SSSR count). The summed E-state index contributed by atoms with van der Waals surface area (Å²) in [6.07, 6.45) is 8.54. The van der Waals surface area contributed by atoms with Crippen molar-refractivity contribution in [3.8, 4) is 0 Å². The van der Waals surface area contributed by atoms with Crippen LogP contribution in [0, 0.1) is 5.92 Å². The Balaban J connectivity index is 1.75. The highest BCUT2D eigenvalue weighted by Crippen LogP contribution is 2.24. The lowest BCUT2D eigenvalue weighted by molar-refractivity contribution is -0.140. The number of rotatable bonds is 4. The average molecular weight is 296 g/mol. The van der Waals surface area contributed by atoms with Crippen LogP contribution in [0.15, 0.2) is 0 Å². The zero-order valence-electron chi connectivity index (χ0n) is 12.9. The van der Waals surface area contributed by atoms with Crippen molar-refractivity contribution in [1.29, 1.82) is 0 Å². The Labute approximate surface area is 127 Å². The molecule has 120 valence electrons. The fraction of sp³-hybridized carbons (Fsp3) is 0.875. The van der Waals surface area contributed by atoms with E-state index < -0.39 is 5.97 Å². The molecule has 2 fully saturated rings. The smallest absolute Gasteiger partial charge is 0.304 e. The molecule has 0 aromatic heterocycles. The molecular weight excluding hydrogens is 268 g/mol. The van der Waals surface area contributed by atoms with Crippen molar-refractivity contribution in [1.82, 2.24) is 9.80 Å². The molecular formula is C16H28N2O3. The summed E-state index contributed by atoms with van der Waals surface area (Å²) in [6, 6.07) is 0. The lowest BCUT2D eigenvalue weighted by Gasteiger charge is -2.36. The Morgan fingerprint density at radius 2 is 1.48 bits per heavy atom. The summed E-state index contributed by atoms with van der Waals surface area (Å²) in [7, 11) is 0. The number of carboxylic acids is 1. The maximum atomic E-state index is 12.6. The Kier molecular flexibility index (Phi) is 6.49. The maximum absolute atomic E-state index is 12.6. The fourth-order valence-corrected chi connectivity index (χ4v) is 3.41. The van der Waals surface area contributed by atoms with Gasteiger partial charge >= 0.3 is 5.97 Å². The topological polar surface area (TPSA) is 60.9 Å². The Bertz CT molecular complexity index is 343. The molecule has 0 atom stereocenters. The quantitative estimate of drug-likeness (QED) is 0.861. The van der Waals surface area contributed by atoms with Gasteiger partial charge in [0.25, 0.3) is 0 Å². The van der Waals surface area contributed by atoms with E-state index in [1.165, 1.54) is 32.1 Å². The highest BCUT2D eigenvalue weighted by atomic mass is 16.4. The summed E-state index contributed by atoms with van der Waals surface area (Å²) in [4.78, 5) is 27.3. The van der Waals surface area contributed by atoms with Gasteiger partial charge in [-0.3, -0.25) is 14.5 Å². The van der Waals surface area contributed by atoms with E-state index in [9.17, 15) is 9.59 Å². The molecule has 0 unspecified atom stereocenters. The van der Waals surface area contributed by atoms with Gasteiger partial charge in [-0.05, 0) is 12.8 Å². The molecule has 0 aromatic carbocycles. The Hall–Kier alpha value is -1.10. The number of aliphatic carboxylic acids is 1. The van der Waals surface area contributed by atoms with Crippen LogP contribution in [-0.4, -0.2) is 59.5 Å². The molecule has 21 heavy (non-hydrogen) atoms. The molecule has 0 radical (unpaired) electrons. The molecule has 1 heterocycles. The van der Waals surface area contributed by atoms with E-state index in [1.807, 2.05) is 4.90 Å². The number of hydrogen-bond donors (Lipinski definition) is 1. The molecule has 1 saturated heterocycles. The van der Waals surface area contributed by atoms with Gasteiger partial charge in [0, 0.05) is 38.6 Å². The lowest BCUT2D eigenvalue weighted by Crippen LogP contribution is -2.50. The van der Waals surface area contributed by atoms with Crippen molar-refractivity contribution in [3.63, 3.8) is 0 Å². The van der Waals surface area contributed by atoms with Crippen LogP contribution in [0.3, 0.4) is 0 Å². The van der Waals surface area contributed by atoms with E-state index >= 15 is 0 Å². The number of piperazine rings is 1. The van der Waals surface area contributed by atoms with E-state index in [0.29, 0.717) is 12.5 Å². The third kappa shape index (κ3) is 5.30. The summed E-state index contributed by atoms with van der Waals surface area (Å²) >= 11 is 0. The van der Waals surface area contributed by atoms with Gasteiger partial charge in [0.15, 0.2) is 0 Å². The van der Waals surface area contributed by atoms with E-state index in [1.54, 1.807) is 0 Å². The van der Waals surface area contributed by atoms with E-state index in [4.69, 9.17) is 5.11 Å². The van der Waals surface area contributed by atoms with Crippen LogP contribution in [0.4, 0.5) is 0 Å². The third-order valence-electron chi connectivity index (χ3n) is 4.78. The number of carbonyl (C=O) groups is 2. The van der Waals surface area contributed by atoms with Crippen molar-refractivity contribution in [2.75, 3.05) is 32.7 Å². The van der Waals surface area contributed by atoms with Gasteiger partial charge in [-0.25, -0.2) is 0 Å². The molecule has 5 nitrogen and oxygen atoms in total. The lowest BCUT2D eigenvalue weighted by atomic mass is 9.90. The second-order valence-corrected chi connectivity index (χ2v) is 6.35. The Morgan fingerprint density at radius 1 is 0.905 bits per heavy atom. The van der Waals surface area contributed by atoms with Gasteiger partial charge in [0.05, 0.1) is 6.42 Å². The number of carbonyl (C=O) groups excluding carboxylic acids is 1. The molecule has 0 bridgehead atoms. The van der Waals surface area contributed by atoms with Crippen LogP contribution in [0.5, 0.6) is 0 Å². The molecule has 1 saturated carbocycles. The highest BCUT2D eigenvalue weighted by molar-refractivity contribution is 5.79. The van der Waals surface area contributed by atoms with Crippen LogP contribution in [0.25, 0.3) is 0 Å². The third-order valence-corrected chi connectivity index (χ3v) is 4.78. The molecule has 2 aliphatic rings. The molecule has 1 aliphatic carbocycles. The average Bonchev–Trinajstić information content (AvgIpc) is 2.45. The first-order valence-corrected chi connectivity index (χ1v) is 8.40. The molecule has 0 spiro atoms. The van der Waals surface area contributed by atoms with Gasteiger partial charge in [-0.15, -0.1) is 0 Å². The van der Waals surface area contributed by atoms with Crippen molar-refractivity contribution >= 4 is 11.9 Å². The van der Waals surface area contributed by atoms with Crippen LogP contribution < -0.4 is 0 Å². The largest absolute Gasteiger partial charge is 0.481 e. The minimum atomic E-state index is -0.747. The molecule has 5 heteroatoms. The monoisotopic (exact) mass is 296 g/mol. The molecule has 0 aromatic rings. The van der Waals surface area contributed by atoms with Crippen LogP contribution >= 0.6 is 0 Å². The van der Waals surface area contributed by atoms with Gasteiger partial charge in [0.2, 0.25) is 5.91 Å². The van der Waals surface area contributed by atoms with Crippen LogP contribution in [-0.2, 0) is 9.59 Å². The Morgan fingerprint density at radius 3 is 2.05 bits per heavy atom. The number of carboxylic acid groups (broad SMARTS) is 1. The van der Waals surface area contributed by atoms with Crippen molar-refractivity contribution < 1.29 is 14.7 Å². The molecule has 1 amide bonds. The second-order valence-electron chi connectivity index (χ2n) is 6.35. The normalized spacial score (nSPS) is 22.6. The second kappa shape index (κ2) is 8.37. The van der Waals surface area contributed by atoms with Gasteiger partial charge in [-0.1, -0.05) is 32.1 Å². The van der Waals surface area contributed by atoms with Gasteiger partial charge in [0.1, 0.15) is 0 Å². The van der Waals surface area contributed by atoms with Crippen molar-refractivity contribution in [2.45, 2.75) is 51.4 Å². The fourth-order valence-electron chi connectivity index (χ4n) is 3.41. The summed E-state index contributed by atoms with van der Waals surface area (Å²) in [5, 5.41) is 8.71. The number of hydrogen-bond acceptors (Lipinski definition) is 3. The van der Waals surface area contributed by atoms with Crippen molar-refractivity contribution in [2.24, 2.45) is 5.92 Å².